The number of hydrogen-bond acceptors (Lipinski definition) is 10. The molecule has 0 spiro atoms. The van der Waals surface area contributed by atoms with E-state index in [1.807, 2.05) is 0 Å². The molecule has 0 aromatic heterocycles. The third-order valence-corrected chi connectivity index (χ3v) is 0. The van der Waals surface area contributed by atoms with Crippen molar-refractivity contribution in [2.45, 2.75) is 0 Å². The largest absolute Gasteiger partial charge is 2.00 e. The van der Waals surface area contributed by atoms with Gasteiger partial charge in [-0.05, 0) is 0 Å². The fourth-order valence-corrected chi connectivity index (χ4v) is 0. The van der Waals surface area contributed by atoms with Crippen LogP contribution in [-0.2, 0) is 20.4 Å². The SMILES string of the molecule is N.N.N.N.O=[N+]([O-])[O-].O=[N+]([O-])[O-].[Pd+2]. The van der Waals surface area contributed by atoms with Gasteiger partial charge in [-0.1, -0.05) is 0 Å². The fourth-order valence-electron chi connectivity index (χ4n) is 0. The zero-order valence-corrected chi connectivity index (χ0v) is 8.04. The summed E-state index contributed by atoms with van der Waals surface area (Å²) in [6.45, 7) is 0. The van der Waals surface area contributed by atoms with Crippen LogP contribution in [0.5, 0.6) is 0 Å². The van der Waals surface area contributed by atoms with Crippen molar-refractivity contribution in [1.29, 1.82) is 0 Å². The summed E-state index contributed by atoms with van der Waals surface area (Å²) < 4.78 is 0. The van der Waals surface area contributed by atoms with Gasteiger partial charge in [-0.15, -0.1) is 0 Å². The molecule has 0 saturated heterocycles. The van der Waals surface area contributed by atoms with Crippen molar-refractivity contribution in [3.05, 3.63) is 30.6 Å². The van der Waals surface area contributed by atoms with Gasteiger partial charge in [0.05, 0.1) is 10.2 Å². The molecule has 0 rings (SSSR count). The molecule has 0 aromatic carbocycles. The molecular weight excluding hydrogens is 286 g/mol. The molecule has 0 radical (unpaired) electrons. The molecule has 0 bridgehead atoms. The minimum absolute atomic E-state index is 0. The third kappa shape index (κ3) is 717. The first-order valence-electron chi connectivity index (χ1n) is 1.10. The summed E-state index contributed by atoms with van der Waals surface area (Å²) in [5.41, 5.74) is 0. The first-order valence-corrected chi connectivity index (χ1v) is 1.10. The number of nitrogens with zero attached hydrogens (tertiary/aromatic N) is 2. The van der Waals surface area contributed by atoms with Gasteiger partial charge in [0, 0.05) is 0 Å². The summed E-state index contributed by atoms with van der Waals surface area (Å²) in [5.74, 6) is 0. The molecule has 13 heteroatoms. The van der Waals surface area contributed by atoms with E-state index in [0.717, 1.165) is 0 Å². The molecule has 0 aliphatic rings. The smallest absolute Gasteiger partial charge is 0.356 e. The Hall–Kier alpha value is -1.10. The van der Waals surface area contributed by atoms with Crippen LogP contribution in [0.1, 0.15) is 0 Å². The summed E-state index contributed by atoms with van der Waals surface area (Å²) in [6, 6.07) is 0. The van der Waals surface area contributed by atoms with Crippen LogP contribution in [0, 0.1) is 30.6 Å². The van der Waals surface area contributed by atoms with E-state index >= 15 is 0 Å². The average molecular weight is 299 g/mol. The van der Waals surface area contributed by atoms with E-state index in [1.54, 1.807) is 0 Å². The molecule has 88 valence electrons. The van der Waals surface area contributed by atoms with Crippen LogP contribution < -0.4 is 24.6 Å². The van der Waals surface area contributed by atoms with Crippen molar-refractivity contribution in [3.8, 4) is 0 Å². The second-order valence-electron chi connectivity index (χ2n) is 0.447. The maximum atomic E-state index is 8.25. The minimum atomic E-state index is -1.75. The van der Waals surface area contributed by atoms with E-state index in [9.17, 15) is 0 Å². The summed E-state index contributed by atoms with van der Waals surface area (Å²) in [4.78, 5) is 16.5. The molecule has 0 heterocycles. The van der Waals surface area contributed by atoms with Crippen molar-refractivity contribution in [2.24, 2.45) is 0 Å². The van der Waals surface area contributed by atoms with E-state index in [2.05, 4.69) is 0 Å². The molecule has 0 saturated carbocycles. The fraction of sp³-hybridized carbons (Fsp3) is 0. The molecule has 0 unspecified atom stereocenters. The van der Waals surface area contributed by atoms with E-state index < -0.39 is 10.2 Å². The molecule has 12 nitrogen and oxygen atoms in total. The van der Waals surface area contributed by atoms with Gasteiger partial charge in [0.1, 0.15) is 0 Å². The topological polar surface area (TPSA) is 272 Å². The molecule has 0 atom stereocenters. The van der Waals surface area contributed by atoms with Crippen molar-refractivity contribution in [1.82, 2.24) is 24.6 Å². The van der Waals surface area contributed by atoms with Crippen LogP contribution in [0.4, 0.5) is 0 Å². The van der Waals surface area contributed by atoms with Crippen LogP contribution in [0.15, 0.2) is 0 Å². The Balaban J connectivity index is -0.00000000800. The predicted molar refractivity (Wildman–Crippen MR) is 40.8 cm³/mol. The molecule has 0 aliphatic carbocycles. The minimum Gasteiger partial charge on any atom is -0.356 e. The monoisotopic (exact) mass is 298 g/mol. The van der Waals surface area contributed by atoms with Gasteiger partial charge in [-0.25, -0.2) is 0 Å². The van der Waals surface area contributed by atoms with E-state index in [0.29, 0.717) is 0 Å². The first-order chi connectivity index (χ1) is 3.46. The van der Waals surface area contributed by atoms with Gasteiger partial charge in [0.15, 0.2) is 0 Å². The maximum absolute atomic E-state index is 8.25. The second-order valence-corrected chi connectivity index (χ2v) is 0.447. The zero-order chi connectivity index (χ0) is 7.15. The Bertz CT molecular complexity index is 75.1. The Morgan fingerprint density at radius 1 is 0.615 bits per heavy atom. The Morgan fingerprint density at radius 3 is 0.615 bits per heavy atom. The second kappa shape index (κ2) is 44.5. The first kappa shape index (κ1) is 58.9. The average Bonchev–Trinajstić information content (AvgIpc) is 1.25. The summed E-state index contributed by atoms with van der Waals surface area (Å²) in [5, 5.41) is 29.5. The molecule has 0 fully saturated rings. The number of rotatable bonds is 0. The van der Waals surface area contributed by atoms with Crippen molar-refractivity contribution in [2.75, 3.05) is 0 Å². The van der Waals surface area contributed by atoms with Gasteiger partial charge in [0.2, 0.25) is 0 Å². The molecule has 0 aliphatic heterocycles. The molecule has 0 aromatic rings. The quantitative estimate of drug-likeness (QED) is 0.267. The molecule has 0 amide bonds. The summed E-state index contributed by atoms with van der Waals surface area (Å²) in [7, 11) is 0. The summed E-state index contributed by atoms with van der Waals surface area (Å²) in [6.07, 6.45) is 0. The van der Waals surface area contributed by atoms with Crippen LogP contribution in [-0.4, -0.2) is 10.2 Å². The van der Waals surface area contributed by atoms with Crippen molar-refractivity contribution in [3.63, 3.8) is 0 Å². The predicted octanol–water partition coefficient (Wildman–Crippen LogP) is 0.167. The Kier molecular flexibility index (Phi) is 201. The van der Waals surface area contributed by atoms with Crippen LogP contribution in [0.3, 0.4) is 0 Å². The molecular formula is H12N6O6Pd. The van der Waals surface area contributed by atoms with E-state index in [-0.39, 0.29) is 45.0 Å². The van der Waals surface area contributed by atoms with E-state index in [4.69, 9.17) is 30.6 Å². The summed E-state index contributed by atoms with van der Waals surface area (Å²) >= 11 is 0. The third-order valence-electron chi connectivity index (χ3n) is 0. The van der Waals surface area contributed by atoms with Crippen molar-refractivity contribution >= 4 is 0 Å². The van der Waals surface area contributed by atoms with Crippen LogP contribution >= 0.6 is 0 Å². The van der Waals surface area contributed by atoms with Gasteiger partial charge in [-0.3, -0.25) is 0 Å². The zero-order valence-electron chi connectivity index (χ0n) is 6.49. The Labute approximate surface area is 86.5 Å². The standard InChI is InChI=1S/2NO3.4H3N.Pd/c2*2-1(3)4;;;;;/h;;4*1H3;/q2*-1;;;;;+2. The van der Waals surface area contributed by atoms with Crippen LogP contribution in [0.2, 0.25) is 0 Å². The van der Waals surface area contributed by atoms with E-state index in [1.165, 1.54) is 0 Å². The van der Waals surface area contributed by atoms with Crippen LogP contribution in [0.25, 0.3) is 0 Å². The van der Waals surface area contributed by atoms with Gasteiger partial charge < -0.3 is 55.2 Å². The number of hydrogen-bond donors (Lipinski definition) is 4. The molecule has 12 N–H and O–H groups in total. The van der Waals surface area contributed by atoms with Gasteiger partial charge in [-0.2, -0.15) is 0 Å². The normalized spacial score (nSPS) is 3.69. The Morgan fingerprint density at radius 2 is 0.615 bits per heavy atom. The van der Waals surface area contributed by atoms with Gasteiger partial charge >= 0.3 is 20.4 Å². The van der Waals surface area contributed by atoms with Crippen molar-refractivity contribution < 1.29 is 30.6 Å². The van der Waals surface area contributed by atoms with Gasteiger partial charge in [0.25, 0.3) is 0 Å². The maximum Gasteiger partial charge on any atom is 2.00 e. The molecule has 13 heavy (non-hydrogen) atoms.